The van der Waals surface area contributed by atoms with Gasteiger partial charge in [0.1, 0.15) is 0 Å². The summed E-state index contributed by atoms with van der Waals surface area (Å²) in [6.45, 7) is 4.13. The van der Waals surface area contributed by atoms with E-state index in [4.69, 9.17) is 5.10 Å². The van der Waals surface area contributed by atoms with E-state index < -0.39 is 0 Å². The van der Waals surface area contributed by atoms with Crippen molar-refractivity contribution in [1.29, 1.82) is 0 Å². The fraction of sp³-hybridized carbons (Fsp3) is 0.286. The van der Waals surface area contributed by atoms with Gasteiger partial charge in [-0.05, 0) is 68.7 Å². The van der Waals surface area contributed by atoms with Crippen molar-refractivity contribution in [1.82, 2.24) is 14.8 Å². The molecule has 0 saturated carbocycles. The fourth-order valence-electron chi connectivity index (χ4n) is 3.55. The zero-order valence-electron chi connectivity index (χ0n) is 15.1. The van der Waals surface area contributed by atoms with Gasteiger partial charge in [0.15, 0.2) is 0 Å². The molecular formula is C21H22N4O. The number of carbonyl (C=O) groups excluding carboxylic acids is 1. The quantitative estimate of drug-likeness (QED) is 0.720. The molecule has 0 N–H and O–H groups in total. The number of nitrogens with zero attached hydrogens (tertiary/aromatic N) is 4. The van der Waals surface area contributed by atoms with E-state index in [0.29, 0.717) is 6.42 Å². The Morgan fingerprint density at radius 2 is 1.85 bits per heavy atom. The minimum absolute atomic E-state index is 0.160. The van der Waals surface area contributed by atoms with Crippen LogP contribution in [0.5, 0.6) is 0 Å². The maximum atomic E-state index is 12.4. The van der Waals surface area contributed by atoms with Gasteiger partial charge in [-0.3, -0.25) is 9.78 Å². The van der Waals surface area contributed by atoms with Crippen LogP contribution in [0.25, 0.3) is 16.9 Å². The molecule has 0 radical (unpaired) electrons. The summed E-state index contributed by atoms with van der Waals surface area (Å²) >= 11 is 0. The van der Waals surface area contributed by atoms with Crippen LogP contribution in [-0.2, 0) is 11.2 Å². The maximum absolute atomic E-state index is 12.4. The highest BCUT2D eigenvalue weighted by molar-refractivity contribution is 5.95. The number of hydrogen-bond acceptors (Lipinski definition) is 3. The average molecular weight is 346 g/mol. The van der Waals surface area contributed by atoms with Crippen molar-refractivity contribution in [2.24, 2.45) is 0 Å². The summed E-state index contributed by atoms with van der Waals surface area (Å²) in [6.07, 6.45) is 7.93. The molecule has 1 amide bonds. The van der Waals surface area contributed by atoms with Gasteiger partial charge in [-0.25, -0.2) is 4.68 Å². The Bertz CT molecular complexity index is 930. The SMILES string of the molecule is CC(C)N1C(=O)CCCc2cc(-n3ccc(-c4ccncc4)n3)ccc21. The zero-order valence-corrected chi connectivity index (χ0v) is 15.1. The van der Waals surface area contributed by atoms with Gasteiger partial charge in [-0.2, -0.15) is 5.10 Å². The minimum atomic E-state index is 0.160. The molecule has 26 heavy (non-hydrogen) atoms. The summed E-state index contributed by atoms with van der Waals surface area (Å²) in [7, 11) is 0. The molecule has 5 nitrogen and oxygen atoms in total. The Kier molecular flexibility index (Phi) is 4.29. The number of rotatable bonds is 3. The summed E-state index contributed by atoms with van der Waals surface area (Å²) in [5.41, 5.74) is 5.23. The lowest BCUT2D eigenvalue weighted by Crippen LogP contribution is -2.36. The third-order valence-electron chi connectivity index (χ3n) is 4.77. The molecule has 3 heterocycles. The smallest absolute Gasteiger partial charge is 0.227 e. The van der Waals surface area contributed by atoms with Crippen LogP contribution in [0.3, 0.4) is 0 Å². The minimum Gasteiger partial charge on any atom is -0.310 e. The number of aromatic nitrogens is 3. The monoisotopic (exact) mass is 346 g/mol. The summed E-state index contributed by atoms with van der Waals surface area (Å²) in [5.74, 6) is 0.213. The second kappa shape index (κ2) is 6.75. The first kappa shape index (κ1) is 16.5. The predicted octanol–water partition coefficient (Wildman–Crippen LogP) is 4.01. The molecule has 0 unspecified atom stereocenters. The Labute approximate surface area is 153 Å². The molecule has 0 atom stereocenters. The molecule has 1 aromatic carbocycles. The van der Waals surface area contributed by atoms with Gasteiger partial charge in [0.2, 0.25) is 5.91 Å². The first-order valence-electron chi connectivity index (χ1n) is 9.05. The molecule has 0 spiro atoms. The van der Waals surface area contributed by atoms with Gasteiger partial charge in [0.25, 0.3) is 0 Å². The molecule has 1 aliphatic heterocycles. The van der Waals surface area contributed by atoms with Gasteiger partial charge in [-0.15, -0.1) is 0 Å². The molecule has 0 saturated heterocycles. The molecule has 0 fully saturated rings. The van der Waals surface area contributed by atoms with Crippen LogP contribution < -0.4 is 4.90 Å². The van der Waals surface area contributed by atoms with E-state index in [9.17, 15) is 4.79 Å². The number of pyridine rings is 1. The van der Waals surface area contributed by atoms with E-state index >= 15 is 0 Å². The second-order valence-electron chi connectivity index (χ2n) is 6.91. The van der Waals surface area contributed by atoms with E-state index in [1.807, 2.05) is 40.0 Å². The Morgan fingerprint density at radius 1 is 1.04 bits per heavy atom. The standard InChI is InChI=1S/C21H22N4O/c1-15(2)25-20-7-6-18(14-17(20)4-3-5-21(25)26)24-13-10-19(23-24)16-8-11-22-12-9-16/h6-15H,3-5H2,1-2H3. The van der Waals surface area contributed by atoms with Crippen molar-refractivity contribution in [3.05, 3.63) is 60.6 Å². The highest BCUT2D eigenvalue weighted by Crippen LogP contribution is 2.30. The first-order valence-corrected chi connectivity index (χ1v) is 9.05. The third-order valence-corrected chi connectivity index (χ3v) is 4.77. The van der Waals surface area contributed by atoms with Crippen molar-refractivity contribution < 1.29 is 4.79 Å². The number of hydrogen-bond donors (Lipinski definition) is 0. The lowest BCUT2D eigenvalue weighted by atomic mass is 10.1. The van der Waals surface area contributed by atoms with E-state index in [1.54, 1.807) is 12.4 Å². The average Bonchev–Trinajstić information content (AvgIpc) is 3.07. The van der Waals surface area contributed by atoms with Crippen LogP contribution in [-0.4, -0.2) is 26.7 Å². The van der Waals surface area contributed by atoms with Crippen LogP contribution in [0, 0.1) is 0 Å². The topological polar surface area (TPSA) is 51.0 Å². The van der Waals surface area contributed by atoms with E-state index in [2.05, 4.69) is 31.0 Å². The molecule has 1 aliphatic rings. The lowest BCUT2D eigenvalue weighted by molar-refractivity contribution is -0.118. The Hall–Kier alpha value is -2.95. The number of aryl methyl sites for hydroxylation is 1. The van der Waals surface area contributed by atoms with Gasteiger partial charge in [0, 0.05) is 42.3 Å². The second-order valence-corrected chi connectivity index (χ2v) is 6.91. The zero-order chi connectivity index (χ0) is 18.1. The van der Waals surface area contributed by atoms with Crippen LogP contribution >= 0.6 is 0 Å². The summed E-state index contributed by atoms with van der Waals surface area (Å²) in [5, 5.41) is 4.70. The van der Waals surface area contributed by atoms with Crippen LogP contribution in [0.1, 0.15) is 32.3 Å². The van der Waals surface area contributed by atoms with Crippen molar-refractivity contribution in [2.45, 2.75) is 39.2 Å². The Balaban J connectivity index is 1.71. The highest BCUT2D eigenvalue weighted by Gasteiger charge is 2.24. The molecule has 132 valence electrons. The fourth-order valence-corrected chi connectivity index (χ4v) is 3.55. The number of fused-ring (bicyclic) bond motifs is 1. The Morgan fingerprint density at radius 3 is 2.62 bits per heavy atom. The molecule has 0 bridgehead atoms. The van der Waals surface area contributed by atoms with Gasteiger partial charge in [-0.1, -0.05) is 0 Å². The van der Waals surface area contributed by atoms with Gasteiger partial charge < -0.3 is 4.90 Å². The van der Waals surface area contributed by atoms with E-state index in [-0.39, 0.29) is 11.9 Å². The third kappa shape index (κ3) is 3.01. The largest absolute Gasteiger partial charge is 0.310 e. The first-order chi connectivity index (χ1) is 12.6. The highest BCUT2D eigenvalue weighted by atomic mass is 16.2. The predicted molar refractivity (Wildman–Crippen MR) is 102 cm³/mol. The summed E-state index contributed by atoms with van der Waals surface area (Å²) in [4.78, 5) is 18.4. The van der Waals surface area contributed by atoms with Crippen LogP contribution in [0.4, 0.5) is 5.69 Å². The van der Waals surface area contributed by atoms with Crippen molar-refractivity contribution in [3.63, 3.8) is 0 Å². The maximum Gasteiger partial charge on any atom is 0.227 e. The van der Waals surface area contributed by atoms with Crippen molar-refractivity contribution in [3.8, 4) is 16.9 Å². The lowest BCUT2D eigenvalue weighted by Gasteiger charge is -2.27. The van der Waals surface area contributed by atoms with Crippen molar-refractivity contribution >= 4 is 11.6 Å². The number of benzene rings is 1. The molecule has 2 aromatic heterocycles. The van der Waals surface area contributed by atoms with Crippen LogP contribution in [0.2, 0.25) is 0 Å². The van der Waals surface area contributed by atoms with Crippen molar-refractivity contribution in [2.75, 3.05) is 4.90 Å². The number of anilines is 1. The number of carbonyl (C=O) groups is 1. The molecule has 4 rings (SSSR count). The summed E-state index contributed by atoms with van der Waals surface area (Å²) in [6, 6.07) is 12.3. The van der Waals surface area contributed by atoms with Crippen LogP contribution in [0.15, 0.2) is 55.0 Å². The number of amides is 1. The summed E-state index contributed by atoms with van der Waals surface area (Å²) < 4.78 is 1.89. The molecule has 3 aromatic rings. The van der Waals surface area contributed by atoms with E-state index in [1.165, 1.54) is 5.56 Å². The van der Waals surface area contributed by atoms with Gasteiger partial charge >= 0.3 is 0 Å². The molecule has 5 heteroatoms. The normalized spacial score (nSPS) is 14.4. The van der Waals surface area contributed by atoms with Gasteiger partial charge in [0.05, 0.1) is 11.4 Å². The van der Waals surface area contributed by atoms with E-state index in [0.717, 1.165) is 35.5 Å². The molecule has 0 aliphatic carbocycles. The molecular weight excluding hydrogens is 324 g/mol.